The Hall–Kier alpha value is -3.87. The van der Waals surface area contributed by atoms with Gasteiger partial charge in [-0.05, 0) is 83.0 Å². The Labute approximate surface area is 288 Å². The second-order valence-electron chi connectivity index (χ2n) is 13.7. The van der Waals surface area contributed by atoms with Gasteiger partial charge in [-0.3, -0.25) is 0 Å². The number of nitrogens with zero attached hydrogens (tertiary/aromatic N) is 2. The lowest BCUT2D eigenvalue weighted by atomic mass is 9.88. The highest BCUT2D eigenvalue weighted by Gasteiger charge is 2.30. The summed E-state index contributed by atoms with van der Waals surface area (Å²) in [6, 6.07) is 26.6. The first kappa shape index (κ1) is 35.4. The van der Waals surface area contributed by atoms with Crippen LogP contribution in [0.3, 0.4) is 0 Å². The van der Waals surface area contributed by atoms with Crippen molar-refractivity contribution in [1.82, 2.24) is 4.31 Å². The van der Waals surface area contributed by atoms with Crippen LogP contribution >= 0.6 is 0 Å². The zero-order valence-corrected chi connectivity index (χ0v) is 30.8. The molecular weight excluding hydrogens is 613 g/mol. The number of hydrogen-bond donors (Lipinski definition) is 0. The van der Waals surface area contributed by atoms with Gasteiger partial charge in [-0.15, -0.1) is 0 Å². The number of ether oxygens (including phenoxy) is 1. The Balaban J connectivity index is 1.79. The predicted molar refractivity (Wildman–Crippen MR) is 201 cm³/mol. The summed E-state index contributed by atoms with van der Waals surface area (Å²) >= 11 is 0. The SMILES string of the molecule is CCCCN(CCCC)S(=O)(=O)c1ccccc1C1=c2cc/c(=C\c3c(C(C)C)cccc3C(C)C)cc2Oc2cc(N(C)C)ccc21. The lowest BCUT2D eigenvalue weighted by Gasteiger charge is -2.26. The molecule has 254 valence electrons. The van der Waals surface area contributed by atoms with E-state index in [0.29, 0.717) is 41.1 Å². The third-order valence-electron chi connectivity index (χ3n) is 9.27. The lowest BCUT2D eigenvalue weighted by Crippen LogP contribution is -2.34. The van der Waals surface area contributed by atoms with Crippen molar-refractivity contribution in [1.29, 1.82) is 0 Å². The number of rotatable bonds is 13. The molecule has 4 aromatic rings. The van der Waals surface area contributed by atoms with Gasteiger partial charge >= 0.3 is 0 Å². The van der Waals surface area contributed by atoms with Crippen molar-refractivity contribution in [3.63, 3.8) is 0 Å². The molecule has 1 heterocycles. The fourth-order valence-corrected chi connectivity index (χ4v) is 8.27. The molecule has 6 heteroatoms. The van der Waals surface area contributed by atoms with Gasteiger partial charge in [-0.25, -0.2) is 8.42 Å². The Bertz CT molecular complexity index is 1960. The summed E-state index contributed by atoms with van der Waals surface area (Å²) in [5, 5.41) is 1.93. The van der Waals surface area contributed by atoms with Crippen molar-refractivity contribution in [2.24, 2.45) is 0 Å². The van der Waals surface area contributed by atoms with Crippen LogP contribution in [0, 0.1) is 0 Å². The number of hydrogen-bond acceptors (Lipinski definition) is 4. The molecule has 0 saturated carbocycles. The first-order chi connectivity index (χ1) is 23.0. The Morgan fingerprint density at radius 1 is 0.729 bits per heavy atom. The summed E-state index contributed by atoms with van der Waals surface area (Å²) in [6.07, 6.45) is 5.79. The summed E-state index contributed by atoms with van der Waals surface area (Å²) in [6.45, 7) is 14.2. The maximum atomic E-state index is 14.5. The molecule has 0 saturated heterocycles. The molecule has 5 nitrogen and oxygen atoms in total. The average Bonchev–Trinajstić information content (AvgIpc) is 3.06. The zero-order valence-electron chi connectivity index (χ0n) is 30.0. The number of benzene rings is 4. The molecule has 0 bridgehead atoms. The van der Waals surface area contributed by atoms with Crippen LogP contribution in [0.2, 0.25) is 0 Å². The van der Waals surface area contributed by atoms with Crippen LogP contribution in [0.1, 0.15) is 107 Å². The van der Waals surface area contributed by atoms with Gasteiger partial charge in [0.2, 0.25) is 10.0 Å². The fraction of sp³-hybridized carbons (Fsp3) is 0.381. The molecule has 0 spiro atoms. The van der Waals surface area contributed by atoms with E-state index >= 15 is 0 Å². The summed E-state index contributed by atoms with van der Waals surface area (Å²) in [5.41, 5.74) is 7.37. The van der Waals surface area contributed by atoms with E-state index in [9.17, 15) is 8.42 Å². The number of sulfonamides is 1. The number of fused-ring (bicyclic) bond motifs is 2. The zero-order chi connectivity index (χ0) is 34.6. The van der Waals surface area contributed by atoms with Crippen LogP contribution in [0.25, 0.3) is 11.6 Å². The average molecular weight is 665 g/mol. The van der Waals surface area contributed by atoms with E-state index < -0.39 is 10.0 Å². The summed E-state index contributed by atoms with van der Waals surface area (Å²) in [4.78, 5) is 2.39. The molecule has 0 amide bonds. The lowest BCUT2D eigenvalue weighted by molar-refractivity contribution is 0.395. The molecule has 0 aliphatic carbocycles. The minimum absolute atomic E-state index is 0.339. The second-order valence-corrected chi connectivity index (χ2v) is 15.6. The largest absolute Gasteiger partial charge is 0.456 e. The van der Waals surface area contributed by atoms with E-state index in [4.69, 9.17) is 4.74 Å². The molecule has 5 rings (SSSR count). The van der Waals surface area contributed by atoms with Gasteiger partial charge in [0.25, 0.3) is 0 Å². The van der Waals surface area contributed by atoms with Crippen LogP contribution in [-0.4, -0.2) is 39.9 Å². The third-order valence-corrected chi connectivity index (χ3v) is 11.2. The van der Waals surface area contributed by atoms with E-state index in [1.165, 1.54) is 16.7 Å². The van der Waals surface area contributed by atoms with Gasteiger partial charge < -0.3 is 9.64 Å². The van der Waals surface area contributed by atoms with Gasteiger partial charge in [0.05, 0.1) is 4.90 Å². The molecule has 1 aliphatic heterocycles. The van der Waals surface area contributed by atoms with Crippen LogP contribution in [0.5, 0.6) is 11.5 Å². The van der Waals surface area contributed by atoms with Crippen LogP contribution in [0.4, 0.5) is 5.69 Å². The van der Waals surface area contributed by atoms with E-state index in [1.807, 2.05) is 38.4 Å². The maximum absolute atomic E-state index is 14.5. The highest BCUT2D eigenvalue weighted by molar-refractivity contribution is 7.89. The van der Waals surface area contributed by atoms with Crippen LogP contribution in [0.15, 0.2) is 83.8 Å². The van der Waals surface area contributed by atoms with Gasteiger partial charge in [0, 0.05) is 60.9 Å². The summed E-state index contributed by atoms with van der Waals surface area (Å²) in [7, 11) is 0.254. The smallest absolute Gasteiger partial charge is 0.243 e. The standard InChI is InChI=1S/C42H52N2O3S/c1-9-11-24-44(25-12-10-2)48(45,46)41-19-14-13-16-37(41)42-35-22-20-31(26-38-33(29(3)4)17-15-18-34(38)30(5)6)27-39(35)47-40-28-32(43(7)8)21-23-36(40)42/h13-23,26-30H,9-12,24-25H2,1-8H3/b31-26+. The molecule has 1 aliphatic rings. The quantitative estimate of drug-likeness (QED) is 0.126. The van der Waals surface area contributed by atoms with Crippen molar-refractivity contribution in [2.45, 2.75) is 84.0 Å². The van der Waals surface area contributed by atoms with Gasteiger partial charge in [0.1, 0.15) is 11.5 Å². The van der Waals surface area contributed by atoms with Crippen molar-refractivity contribution >= 4 is 27.4 Å². The number of anilines is 1. The van der Waals surface area contributed by atoms with E-state index in [-0.39, 0.29) is 0 Å². The van der Waals surface area contributed by atoms with Gasteiger partial charge in [-0.2, -0.15) is 4.31 Å². The number of unbranched alkanes of at least 4 members (excludes halogenated alkanes) is 2. The molecule has 0 unspecified atom stereocenters. The molecule has 0 fully saturated rings. The minimum atomic E-state index is -3.77. The molecule has 0 aromatic heterocycles. The second kappa shape index (κ2) is 15.1. The van der Waals surface area contributed by atoms with Crippen molar-refractivity contribution in [3.05, 3.63) is 117 Å². The van der Waals surface area contributed by atoms with E-state index in [2.05, 4.69) is 101 Å². The molecular formula is C42H52N2O3S. The first-order valence-electron chi connectivity index (χ1n) is 17.6. The molecule has 0 atom stereocenters. The van der Waals surface area contributed by atoms with Crippen LogP contribution < -0.4 is 20.1 Å². The Morgan fingerprint density at radius 3 is 1.98 bits per heavy atom. The van der Waals surface area contributed by atoms with E-state index in [1.54, 1.807) is 10.4 Å². The van der Waals surface area contributed by atoms with Crippen molar-refractivity contribution in [2.75, 3.05) is 32.1 Å². The summed E-state index contributed by atoms with van der Waals surface area (Å²) in [5.74, 6) is 2.20. The maximum Gasteiger partial charge on any atom is 0.243 e. The fourth-order valence-electron chi connectivity index (χ4n) is 6.55. The topological polar surface area (TPSA) is 49.9 Å². The monoisotopic (exact) mass is 664 g/mol. The molecule has 0 radical (unpaired) electrons. The van der Waals surface area contributed by atoms with E-state index in [0.717, 1.165) is 58.7 Å². The minimum Gasteiger partial charge on any atom is -0.456 e. The van der Waals surface area contributed by atoms with Gasteiger partial charge in [0.15, 0.2) is 0 Å². The van der Waals surface area contributed by atoms with Crippen molar-refractivity contribution in [3.8, 4) is 11.5 Å². The van der Waals surface area contributed by atoms with Gasteiger partial charge in [-0.1, -0.05) is 96.8 Å². The Kier molecular flexibility index (Phi) is 11.2. The highest BCUT2D eigenvalue weighted by Crippen LogP contribution is 2.40. The van der Waals surface area contributed by atoms with Crippen molar-refractivity contribution < 1.29 is 13.2 Å². The summed E-state index contributed by atoms with van der Waals surface area (Å²) < 4.78 is 37.3. The first-order valence-corrected chi connectivity index (χ1v) is 19.0. The molecule has 0 N–H and O–H groups in total. The molecule has 4 aromatic carbocycles. The normalized spacial score (nSPS) is 13.2. The third kappa shape index (κ3) is 7.25. The highest BCUT2D eigenvalue weighted by atomic mass is 32.2. The molecule has 48 heavy (non-hydrogen) atoms. The predicted octanol–water partition coefficient (Wildman–Crippen LogP) is 8.77. The van der Waals surface area contributed by atoms with Crippen LogP contribution in [-0.2, 0) is 10.0 Å². The Morgan fingerprint density at radius 2 is 1.38 bits per heavy atom.